The number of aryl methyl sites for hydroxylation is 1. The van der Waals surface area contributed by atoms with E-state index in [0.717, 1.165) is 17.9 Å². The van der Waals surface area contributed by atoms with Crippen molar-refractivity contribution in [2.75, 3.05) is 12.1 Å². The molecule has 1 aliphatic rings. The molecule has 0 saturated heterocycles. The number of unbranched alkanes of at least 4 members (excludes halogenated alkanes) is 12. The fraction of sp³-hybridized carbons (Fsp3) is 0.571. The van der Waals surface area contributed by atoms with E-state index in [9.17, 15) is 9.59 Å². The molecule has 1 N–H and O–H groups in total. The molecule has 1 atom stereocenters. The lowest BCUT2D eigenvalue weighted by Crippen LogP contribution is -2.41. The minimum atomic E-state index is -0.735. The van der Waals surface area contributed by atoms with Gasteiger partial charge in [-0.25, -0.2) is 0 Å². The second-order valence-corrected chi connectivity index (χ2v) is 12.3. The van der Waals surface area contributed by atoms with Crippen molar-refractivity contribution < 1.29 is 19.1 Å². The van der Waals surface area contributed by atoms with Crippen LogP contribution in [0.15, 0.2) is 41.5 Å². The maximum absolute atomic E-state index is 13.1. The van der Waals surface area contributed by atoms with E-state index in [1.165, 1.54) is 89.7 Å². The molecule has 9 heteroatoms. The van der Waals surface area contributed by atoms with Crippen LogP contribution in [0.4, 0.5) is 5.69 Å². The highest BCUT2D eigenvalue weighted by atomic mass is 35.5. The maximum atomic E-state index is 13.1. The number of halogens is 2. The van der Waals surface area contributed by atoms with Crippen LogP contribution in [0.1, 0.15) is 116 Å². The summed E-state index contributed by atoms with van der Waals surface area (Å²) >= 11 is 12.7. The summed E-state index contributed by atoms with van der Waals surface area (Å²) in [5.41, 5.74) is 1.45. The van der Waals surface area contributed by atoms with Crippen LogP contribution in [-0.4, -0.2) is 30.9 Å². The molecule has 0 aliphatic carbocycles. The van der Waals surface area contributed by atoms with Gasteiger partial charge in [-0.2, -0.15) is 10.1 Å². The summed E-state index contributed by atoms with van der Waals surface area (Å²) < 4.78 is 11.2. The Bertz CT molecular complexity index is 1210. The summed E-state index contributed by atoms with van der Waals surface area (Å²) in [5, 5.41) is 8.58. The van der Waals surface area contributed by atoms with Gasteiger partial charge in [0.25, 0.3) is 11.8 Å². The van der Waals surface area contributed by atoms with Gasteiger partial charge in [0.05, 0.1) is 23.6 Å². The number of hydrogen-bond donors (Lipinski definition) is 1. The van der Waals surface area contributed by atoms with Crippen LogP contribution in [0.2, 0.25) is 10.0 Å². The third-order valence-electron chi connectivity index (χ3n) is 7.89. The number of carbonyl (C=O) groups excluding carboxylic acids is 2. The molecule has 0 saturated carbocycles. The molecule has 1 aliphatic heterocycles. The zero-order valence-electron chi connectivity index (χ0n) is 26.6. The first-order valence-corrected chi connectivity index (χ1v) is 17.1. The van der Waals surface area contributed by atoms with E-state index in [4.69, 9.17) is 32.7 Å². The van der Waals surface area contributed by atoms with Crippen LogP contribution in [0.5, 0.6) is 11.5 Å². The van der Waals surface area contributed by atoms with Crippen molar-refractivity contribution >= 4 is 46.5 Å². The van der Waals surface area contributed by atoms with E-state index < -0.39 is 6.10 Å². The zero-order valence-corrected chi connectivity index (χ0v) is 28.2. The molecule has 0 bridgehead atoms. The normalized spacial score (nSPS) is 13.6. The highest BCUT2D eigenvalue weighted by molar-refractivity contribution is 6.40. The fourth-order valence-corrected chi connectivity index (χ4v) is 5.99. The first-order chi connectivity index (χ1) is 21.4. The molecule has 44 heavy (non-hydrogen) atoms. The molecule has 0 fully saturated rings. The van der Waals surface area contributed by atoms with Crippen LogP contribution in [0, 0.1) is 0 Å². The van der Waals surface area contributed by atoms with Crippen molar-refractivity contribution in [3.63, 3.8) is 0 Å². The molecule has 0 spiro atoms. The molecule has 0 radical (unpaired) electrons. The molecule has 3 rings (SSSR count). The first-order valence-electron chi connectivity index (χ1n) is 16.4. The van der Waals surface area contributed by atoms with Crippen LogP contribution < -0.4 is 19.8 Å². The van der Waals surface area contributed by atoms with E-state index in [1.54, 1.807) is 12.1 Å². The quantitative estimate of drug-likeness (QED) is 0.145. The Morgan fingerprint density at radius 1 is 0.886 bits per heavy atom. The van der Waals surface area contributed by atoms with Gasteiger partial charge in [-0.05, 0) is 37.0 Å². The number of amides is 2. The number of anilines is 1. The van der Waals surface area contributed by atoms with Gasteiger partial charge < -0.3 is 14.8 Å². The van der Waals surface area contributed by atoms with Gasteiger partial charge in [-0.1, -0.05) is 126 Å². The molecule has 1 heterocycles. The second kappa shape index (κ2) is 19.6. The number of nitrogens with zero attached hydrogens (tertiary/aromatic N) is 2. The van der Waals surface area contributed by atoms with Crippen molar-refractivity contribution in [3.8, 4) is 11.5 Å². The average Bonchev–Trinajstić information content (AvgIpc) is 3.36. The van der Waals surface area contributed by atoms with E-state index in [-0.39, 0.29) is 39.8 Å². The predicted octanol–water partition coefficient (Wildman–Crippen LogP) is 9.66. The Morgan fingerprint density at radius 3 is 2.05 bits per heavy atom. The van der Waals surface area contributed by atoms with Gasteiger partial charge in [0.2, 0.25) is 0 Å². The summed E-state index contributed by atoms with van der Waals surface area (Å²) in [6.45, 7) is 4.15. The summed E-state index contributed by atoms with van der Waals surface area (Å²) in [5.74, 6) is 0.603. The number of rotatable bonds is 20. The molecule has 2 aromatic rings. The topological polar surface area (TPSA) is 80.2 Å². The molecule has 7 nitrogen and oxygen atoms in total. The number of hydrogen-bond acceptors (Lipinski definition) is 5. The average molecular weight is 647 g/mol. The third kappa shape index (κ3) is 11.6. The summed E-state index contributed by atoms with van der Waals surface area (Å²) in [6.07, 6.45) is 18.0. The Kier molecular flexibility index (Phi) is 15.9. The number of benzene rings is 2. The molecular formula is C35H49Cl2N3O4. The zero-order chi connectivity index (χ0) is 31.7. The monoisotopic (exact) mass is 645 g/mol. The molecule has 2 amide bonds. The van der Waals surface area contributed by atoms with E-state index >= 15 is 0 Å². The van der Waals surface area contributed by atoms with Crippen LogP contribution in [0.25, 0.3) is 0 Å². The van der Waals surface area contributed by atoms with Gasteiger partial charge in [0.15, 0.2) is 6.10 Å². The van der Waals surface area contributed by atoms with Crippen molar-refractivity contribution in [2.45, 2.75) is 123 Å². The van der Waals surface area contributed by atoms with Crippen LogP contribution >= 0.6 is 23.2 Å². The smallest absolute Gasteiger partial charge is 0.266 e. The van der Waals surface area contributed by atoms with Crippen molar-refractivity contribution in [3.05, 3.63) is 52.0 Å². The number of ether oxygens (including phenoxy) is 2. The van der Waals surface area contributed by atoms with Crippen molar-refractivity contribution in [1.29, 1.82) is 0 Å². The largest absolute Gasteiger partial charge is 0.497 e. The Hall–Kier alpha value is -2.77. The minimum absolute atomic E-state index is 0.0878. The summed E-state index contributed by atoms with van der Waals surface area (Å²) in [4.78, 5) is 25.8. The third-order valence-corrected chi connectivity index (χ3v) is 8.47. The highest BCUT2D eigenvalue weighted by Gasteiger charge is 2.31. The van der Waals surface area contributed by atoms with Gasteiger partial charge in [0.1, 0.15) is 23.0 Å². The predicted molar refractivity (Wildman–Crippen MR) is 181 cm³/mol. The van der Waals surface area contributed by atoms with Crippen LogP contribution in [0.3, 0.4) is 0 Å². The molecular weight excluding hydrogens is 597 g/mol. The maximum Gasteiger partial charge on any atom is 0.266 e. The van der Waals surface area contributed by atoms with Gasteiger partial charge in [-0.15, -0.1) is 0 Å². The summed E-state index contributed by atoms with van der Waals surface area (Å²) in [6, 6.07) is 11.1. The minimum Gasteiger partial charge on any atom is -0.497 e. The molecule has 242 valence electrons. The number of amidine groups is 1. The highest BCUT2D eigenvalue weighted by Crippen LogP contribution is 2.39. The Morgan fingerprint density at radius 2 is 1.48 bits per heavy atom. The standard InChI is InChI=1S/C35H49Cl2N3O4/c1-4-6-7-8-9-10-11-12-13-14-15-16-17-19-26-20-18-21-27(22-26)44-31(5-2)35(42)38-32-25-33(41)40(39-32)34-29(36)23-28(43-3)24-30(34)37/h18,20-24,31H,4-17,19,25H2,1-3H3,(H,38,39,42). The van der Waals surface area contributed by atoms with Crippen molar-refractivity contribution in [1.82, 2.24) is 5.32 Å². The number of carbonyl (C=O) groups is 2. The second-order valence-electron chi connectivity index (χ2n) is 11.5. The van der Waals surface area contributed by atoms with Crippen LogP contribution in [-0.2, 0) is 16.0 Å². The lowest BCUT2D eigenvalue weighted by molar-refractivity contribution is -0.126. The van der Waals surface area contributed by atoms with E-state index in [0.29, 0.717) is 17.9 Å². The Labute approximate surface area is 273 Å². The van der Waals surface area contributed by atoms with Gasteiger partial charge in [0, 0.05) is 12.1 Å². The van der Waals surface area contributed by atoms with Gasteiger partial charge in [-0.3, -0.25) is 9.59 Å². The lowest BCUT2D eigenvalue weighted by atomic mass is 10.0. The fourth-order valence-electron chi connectivity index (χ4n) is 5.37. The van der Waals surface area contributed by atoms with E-state index in [1.807, 2.05) is 25.1 Å². The lowest BCUT2D eigenvalue weighted by Gasteiger charge is -2.18. The van der Waals surface area contributed by atoms with Crippen molar-refractivity contribution in [2.24, 2.45) is 5.10 Å². The first kappa shape index (κ1) is 35.7. The number of hydrazone groups is 1. The summed E-state index contributed by atoms with van der Waals surface area (Å²) in [7, 11) is 1.50. The Balaban J connectivity index is 1.41. The molecule has 0 aromatic heterocycles. The number of nitrogens with one attached hydrogen (secondary N) is 1. The number of methoxy groups -OCH3 is 1. The molecule has 1 unspecified atom stereocenters. The van der Waals surface area contributed by atoms with E-state index in [2.05, 4.69) is 23.4 Å². The van der Waals surface area contributed by atoms with Gasteiger partial charge >= 0.3 is 0 Å². The molecule has 2 aromatic carbocycles. The SMILES string of the molecule is CCCCCCCCCCCCCCCc1cccc(OC(CC)C(=O)NC2=NN(c3c(Cl)cc(OC)cc3Cl)C(=O)C2)c1.